The molecule has 1 aromatic heterocycles. The second-order valence-electron chi connectivity index (χ2n) is 3.79. The molecule has 17 heavy (non-hydrogen) atoms. The van der Waals surface area contributed by atoms with Crippen LogP contribution in [-0.2, 0) is 0 Å². The molecule has 2 nitrogen and oxygen atoms in total. The van der Waals surface area contributed by atoms with E-state index >= 15 is 0 Å². The molecule has 88 valence electrons. The molecule has 0 fully saturated rings. The van der Waals surface area contributed by atoms with Gasteiger partial charge in [-0.1, -0.05) is 17.7 Å². The molecule has 0 bridgehead atoms. The lowest BCUT2D eigenvalue weighted by molar-refractivity contribution is 0.209. The van der Waals surface area contributed by atoms with Gasteiger partial charge in [0.05, 0.1) is 21.0 Å². The summed E-state index contributed by atoms with van der Waals surface area (Å²) >= 11 is 11.0. The van der Waals surface area contributed by atoms with Crippen molar-refractivity contribution >= 4 is 44.6 Å². The molecule has 0 saturated carbocycles. The minimum absolute atomic E-state index is 0.0185. The molecular formula is C12H9BrClNOS. The Balaban J connectivity index is 1.92. The molecule has 0 amide bonds. The highest BCUT2D eigenvalue weighted by Gasteiger charge is 2.23. The zero-order valence-corrected chi connectivity index (χ0v) is 11.9. The number of para-hydroxylation sites is 1. The Morgan fingerprint density at radius 3 is 3.12 bits per heavy atom. The van der Waals surface area contributed by atoms with E-state index in [4.69, 9.17) is 16.3 Å². The summed E-state index contributed by atoms with van der Waals surface area (Å²) in [6.45, 7) is 0.760. The maximum atomic E-state index is 6.00. The zero-order chi connectivity index (χ0) is 11.8. The van der Waals surface area contributed by atoms with Crippen LogP contribution in [0, 0.1) is 0 Å². The SMILES string of the molecule is Clc1cc(C2CNc3cccc(Br)c3O2)cs1. The molecule has 1 atom stereocenters. The number of fused-ring (bicyclic) bond motifs is 1. The van der Waals surface area contributed by atoms with Crippen LogP contribution >= 0.6 is 38.9 Å². The summed E-state index contributed by atoms with van der Waals surface area (Å²) in [6.07, 6.45) is 0.0185. The Bertz CT molecular complexity index is 557. The summed E-state index contributed by atoms with van der Waals surface area (Å²) in [5.41, 5.74) is 2.14. The highest BCUT2D eigenvalue weighted by atomic mass is 79.9. The maximum absolute atomic E-state index is 6.00. The Kier molecular flexibility index (Phi) is 3.03. The minimum Gasteiger partial charge on any atom is -0.480 e. The number of ether oxygens (including phenoxy) is 1. The van der Waals surface area contributed by atoms with Crippen LogP contribution in [0.4, 0.5) is 5.69 Å². The quantitative estimate of drug-likeness (QED) is 0.817. The van der Waals surface area contributed by atoms with Gasteiger partial charge in [-0.15, -0.1) is 11.3 Å². The molecule has 1 N–H and O–H groups in total. The van der Waals surface area contributed by atoms with Crippen LogP contribution in [0.3, 0.4) is 0 Å². The van der Waals surface area contributed by atoms with E-state index in [2.05, 4.69) is 21.2 Å². The second kappa shape index (κ2) is 4.52. The molecule has 3 rings (SSSR count). The fourth-order valence-corrected chi connectivity index (χ4v) is 3.22. The van der Waals surface area contributed by atoms with Gasteiger partial charge in [0, 0.05) is 5.56 Å². The average molecular weight is 331 g/mol. The summed E-state index contributed by atoms with van der Waals surface area (Å²) in [6, 6.07) is 7.93. The number of hydrogen-bond acceptors (Lipinski definition) is 3. The van der Waals surface area contributed by atoms with E-state index in [1.54, 1.807) is 0 Å². The molecule has 1 aliphatic rings. The van der Waals surface area contributed by atoms with Crippen LogP contribution in [0.15, 0.2) is 34.1 Å². The number of anilines is 1. The molecule has 2 aromatic rings. The lowest BCUT2D eigenvalue weighted by Gasteiger charge is -2.27. The van der Waals surface area contributed by atoms with Crippen molar-refractivity contribution in [3.05, 3.63) is 44.0 Å². The highest BCUT2D eigenvalue weighted by molar-refractivity contribution is 9.10. The predicted molar refractivity (Wildman–Crippen MR) is 75.3 cm³/mol. The molecule has 0 aliphatic carbocycles. The first-order valence-corrected chi connectivity index (χ1v) is 7.22. The van der Waals surface area contributed by atoms with Crippen LogP contribution in [0.1, 0.15) is 11.7 Å². The van der Waals surface area contributed by atoms with Crippen molar-refractivity contribution in [2.75, 3.05) is 11.9 Å². The summed E-state index contributed by atoms with van der Waals surface area (Å²) in [5, 5.41) is 5.41. The van der Waals surface area contributed by atoms with E-state index in [9.17, 15) is 0 Å². The van der Waals surface area contributed by atoms with Gasteiger partial charge in [-0.05, 0) is 39.5 Å². The zero-order valence-electron chi connectivity index (χ0n) is 8.74. The predicted octanol–water partition coefficient (Wildman–Crippen LogP) is 4.71. The molecule has 0 radical (unpaired) electrons. The van der Waals surface area contributed by atoms with Gasteiger partial charge >= 0.3 is 0 Å². The Morgan fingerprint density at radius 1 is 1.47 bits per heavy atom. The van der Waals surface area contributed by atoms with E-state index in [1.807, 2.05) is 29.6 Å². The van der Waals surface area contributed by atoms with E-state index in [0.717, 1.165) is 32.4 Å². The minimum atomic E-state index is 0.0185. The lowest BCUT2D eigenvalue weighted by Crippen LogP contribution is -2.23. The van der Waals surface area contributed by atoms with Crippen LogP contribution in [0.25, 0.3) is 0 Å². The molecule has 2 heterocycles. The number of benzene rings is 1. The van der Waals surface area contributed by atoms with Crippen LogP contribution in [-0.4, -0.2) is 6.54 Å². The smallest absolute Gasteiger partial charge is 0.157 e. The molecule has 5 heteroatoms. The Hall–Kier alpha value is -0.710. The topological polar surface area (TPSA) is 21.3 Å². The molecule has 1 unspecified atom stereocenters. The van der Waals surface area contributed by atoms with E-state index < -0.39 is 0 Å². The first-order valence-electron chi connectivity index (χ1n) is 5.17. The molecule has 0 spiro atoms. The lowest BCUT2D eigenvalue weighted by atomic mass is 10.1. The Morgan fingerprint density at radius 2 is 2.35 bits per heavy atom. The Labute approximate surface area is 117 Å². The normalized spacial score (nSPS) is 18.1. The van der Waals surface area contributed by atoms with Gasteiger partial charge in [0.2, 0.25) is 0 Å². The molecule has 1 aromatic carbocycles. The van der Waals surface area contributed by atoms with Gasteiger partial charge in [-0.3, -0.25) is 0 Å². The van der Waals surface area contributed by atoms with Gasteiger partial charge in [0.15, 0.2) is 5.75 Å². The van der Waals surface area contributed by atoms with E-state index in [1.165, 1.54) is 11.3 Å². The number of halogens is 2. The van der Waals surface area contributed by atoms with Crippen molar-refractivity contribution in [1.29, 1.82) is 0 Å². The third kappa shape index (κ3) is 2.17. The van der Waals surface area contributed by atoms with Crippen molar-refractivity contribution in [2.24, 2.45) is 0 Å². The van der Waals surface area contributed by atoms with Crippen LogP contribution < -0.4 is 10.1 Å². The second-order valence-corrected chi connectivity index (χ2v) is 6.18. The third-order valence-electron chi connectivity index (χ3n) is 2.66. The van der Waals surface area contributed by atoms with Crippen molar-refractivity contribution in [2.45, 2.75) is 6.10 Å². The van der Waals surface area contributed by atoms with Crippen molar-refractivity contribution in [1.82, 2.24) is 0 Å². The fraction of sp³-hybridized carbons (Fsp3) is 0.167. The van der Waals surface area contributed by atoms with Gasteiger partial charge in [0.1, 0.15) is 6.10 Å². The number of thiophene rings is 1. The first kappa shape index (κ1) is 11.4. The van der Waals surface area contributed by atoms with Gasteiger partial charge < -0.3 is 10.1 Å². The largest absolute Gasteiger partial charge is 0.480 e. The monoisotopic (exact) mass is 329 g/mol. The van der Waals surface area contributed by atoms with E-state index in [-0.39, 0.29) is 6.10 Å². The summed E-state index contributed by atoms with van der Waals surface area (Å²) in [7, 11) is 0. The van der Waals surface area contributed by atoms with Gasteiger partial charge in [-0.2, -0.15) is 0 Å². The molecule has 0 saturated heterocycles. The van der Waals surface area contributed by atoms with E-state index in [0.29, 0.717) is 0 Å². The summed E-state index contributed by atoms with van der Waals surface area (Å²) in [4.78, 5) is 0. The average Bonchev–Trinajstić information content (AvgIpc) is 2.76. The van der Waals surface area contributed by atoms with Crippen LogP contribution in [0.2, 0.25) is 4.34 Å². The van der Waals surface area contributed by atoms with Crippen LogP contribution in [0.5, 0.6) is 5.75 Å². The number of hydrogen-bond donors (Lipinski definition) is 1. The van der Waals surface area contributed by atoms with Crippen molar-refractivity contribution in [3.8, 4) is 5.75 Å². The molecule has 1 aliphatic heterocycles. The summed E-state index contributed by atoms with van der Waals surface area (Å²) < 4.78 is 7.76. The fourth-order valence-electron chi connectivity index (χ4n) is 1.83. The maximum Gasteiger partial charge on any atom is 0.157 e. The number of nitrogens with one attached hydrogen (secondary N) is 1. The van der Waals surface area contributed by atoms with Crippen molar-refractivity contribution in [3.63, 3.8) is 0 Å². The third-order valence-corrected chi connectivity index (χ3v) is 4.40. The summed E-state index contributed by atoms with van der Waals surface area (Å²) in [5.74, 6) is 0.867. The first-order chi connectivity index (χ1) is 8.24. The number of rotatable bonds is 1. The van der Waals surface area contributed by atoms with Gasteiger partial charge in [-0.25, -0.2) is 0 Å². The van der Waals surface area contributed by atoms with Gasteiger partial charge in [0.25, 0.3) is 0 Å². The van der Waals surface area contributed by atoms with Crippen molar-refractivity contribution < 1.29 is 4.74 Å². The standard InChI is InChI=1S/C12H9BrClNOS/c13-8-2-1-3-9-12(8)16-10(5-15-9)7-4-11(14)17-6-7/h1-4,6,10,15H,5H2. The highest BCUT2D eigenvalue weighted by Crippen LogP contribution is 2.40. The molecular weight excluding hydrogens is 322 g/mol.